The van der Waals surface area contributed by atoms with Gasteiger partial charge in [-0.15, -0.1) is 0 Å². The number of aryl methyl sites for hydroxylation is 1. The number of nitriles is 2. The van der Waals surface area contributed by atoms with Crippen LogP contribution in [0.4, 0.5) is 11.4 Å². The number of rotatable bonds is 5. The standard InChI is InChI=1S/C24H22N4O/c1-3-28(12-13-29)19-8-10-23(17(2)14-19)27-24-11-9-20(18(15-25)16-26)21-6-4-5-7-22(21)24/h4-11,14,29H,3,12-13H2,1-2H3. The first-order valence-corrected chi connectivity index (χ1v) is 9.50. The van der Waals surface area contributed by atoms with E-state index < -0.39 is 0 Å². The first-order chi connectivity index (χ1) is 14.1. The minimum atomic E-state index is 0.0943. The minimum absolute atomic E-state index is 0.0943. The largest absolute Gasteiger partial charge is 0.395 e. The molecule has 0 unspecified atom stereocenters. The third kappa shape index (κ3) is 4.11. The predicted molar refractivity (Wildman–Crippen MR) is 116 cm³/mol. The van der Waals surface area contributed by atoms with E-state index in [0.717, 1.165) is 40.3 Å². The Labute approximate surface area is 171 Å². The molecule has 0 atom stereocenters. The van der Waals surface area contributed by atoms with Crippen molar-refractivity contribution in [1.29, 1.82) is 10.5 Å². The van der Waals surface area contributed by atoms with Gasteiger partial charge in [0.25, 0.3) is 0 Å². The number of likely N-dealkylation sites (N-methyl/N-ethyl adjacent to an activating group) is 1. The van der Waals surface area contributed by atoms with Crippen molar-refractivity contribution in [3.8, 4) is 12.1 Å². The van der Waals surface area contributed by atoms with Gasteiger partial charge in [-0.25, -0.2) is 4.99 Å². The fraction of sp³-hybridized carbons (Fsp3) is 0.208. The maximum Gasteiger partial charge on any atom is 0.137 e. The van der Waals surface area contributed by atoms with E-state index in [-0.39, 0.29) is 12.2 Å². The van der Waals surface area contributed by atoms with Gasteiger partial charge in [-0.1, -0.05) is 30.3 Å². The average molecular weight is 382 g/mol. The molecule has 5 nitrogen and oxygen atoms in total. The van der Waals surface area contributed by atoms with Crippen LogP contribution < -0.4 is 4.90 Å². The first-order valence-electron chi connectivity index (χ1n) is 9.50. The summed E-state index contributed by atoms with van der Waals surface area (Å²) >= 11 is 0. The average Bonchev–Trinajstić information content (AvgIpc) is 2.75. The highest BCUT2D eigenvalue weighted by atomic mass is 16.3. The van der Waals surface area contributed by atoms with Crippen LogP contribution in [0.5, 0.6) is 0 Å². The topological polar surface area (TPSA) is 83.4 Å². The molecule has 0 saturated carbocycles. The van der Waals surface area contributed by atoms with Gasteiger partial charge < -0.3 is 10.0 Å². The molecule has 0 heterocycles. The predicted octanol–water partition coefficient (Wildman–Crippen LogP) is 4.30. The Morgan fingerprint density at radius 2 is 1.79 bits per heavy atom. The van der Waals surface area contributed by atoms with E-state index in [1.54, 1.807) is 6.08 Å². The lowest BCUT2D eigenvalue weighted by Gasteiger charge is -2.23. The summed E-state index contributed by atoms with van der Waals surface area (Å²) in [5, 5.41) is 27.8. The fourth-order valence-electron chi connectivity index (χ4n) is 3.43. The Morgan fingerprint density at radius 3 is 2.41 bits per heavy atom. The van der Waals surface area contributed by atoms with Crippen LogP contribution in [-0.2, 0) is 0 Å². The molecule has 144 valence electrons. The van der Waals surface area contributed by atoms with Gasteiger partial charge in [0, 0.05) is 29.9 Å². The SMILES string of the molecule is CCN(CCO)c1ccc(N=C2C=CC(=C(C#N)C#N)c3ccccc32)c(C)c1. The molecule has 0 bridgehead atoms. The van der Waals surface area contributed by atoms with E-state index in [1.807, 2.05) is 61.5 Å². The number of benzene rings is 2. The van der Waals surface area contributed by atoms with Crippen molar-refractivity contribution in [2.75, 3.05) is 24.6 Å². The van der Waals surface area contributed by atoms with Gasteiger partial charge in [0.05, 0.1) is 18.0 Å². The van der Waals surface area contributed by atoms with Gasteiger partial charge in [-0.2, -0.15) is 10.5 Å². The van der Waals surface area contributed by atoms with Crippen molar-refractivity contribution >= 4 is 22.7 Å². The molecular formula is C24H22N4O. The number of anilines is 1. The molecule has 0 radical (unpaired) electrons. The van der Waals surface area contributed by atoms with E-state index in [1.165, 1.54) is 0 Å². The Balaban J connectivity index is 2.05. The normalized spacial score (nSPS) is 13.6. The highest BCUT2D eigenvalue weighted by Crippen LogP contribution is 2.31. The molecule has 0 fully saturated rings. The van der Waals surface area contributed by atoms with Crippen LogP contribution in [0.2, 0.25) is 0 Å². The van der Waals surface area contributed by atoms with Gasteiger partial charge in [0.15, 0.2) is 0 Å². The molecule has 1 aliphatic rings. The number of aliphatic hydroxyl groups is 1. The summed E-state index contributed by atoms with van der Waals surface area (Å²) < 4.78 is 0. The number of aliphatic imine (C=N–C) groups is 1. The molecular weight excluding hydrogens is 360 g/mol. The van der Waals surface area contributed by atoms with Gasteiger partial charge in [0.1, 0.15) is 17.7 Å². The smallest absolute Gasteiger partial charge is 0.137 e. The van der Waals surface area contributed by atoms with Gasteiger partial charge in [0.2, 0.25) is 0 Å². The van der Waals surface area contributed by atoms with Gasteiger partial charge in [-0.3, -0.25) is 0 Å². The third-order valence-electron chi connectivity index (χ3n) is 4.93. The lowest BCUT2D eigenvalue weighted by Crippen LogP contribution is -2.26. The molecule has 0 aliphatic heterocycles. The van der Waals surface area contributed by atoms with Crippen molar-refractivity contribution < 1.29 is 5.11 Å². The molecule has 2 aromatic carbocycles. The molecule has 1 N–H and O–H groups in total. The molecule has 29 heavy (non-hydrogen) atoms. The van der Waals surface area contributed by atoms with E-state index in [9.17, 15) is 15.6 Å². The van der Waals surface area contributed by atoms with Crippen LogP contribution in [0.1, 0.15) is 23.6 Å². The number of hydrogen-bond acceptors (Lipinski definition) is 5. The van der Waals surface area contributed by atoms with Gasteiger partial charge >= 0.3 is 0 Å². The number of aliphatic hydroxyl groups excluding tert-OH is 1. The molecule has 0 saturated heterocycles. The van der Waals surface area contributed by atoms with E-state index in [2.05, 4.69) is 17.9 Å². The Bertz CT molecular complexity index is 1080. The van der Waals surface area contributed by atoms with Crippen LogP contribution in [0.15, 0.2) is 65.2 Å². The van der Waals surface area contributed by atoms with Crippen LogP contribution in [0.25, 0.3) is 5.57 Å². The van der Waals surface area contributed by atoms with E-state index >= 15 is 0 Å². The second-order valence-corrected chi connectivity index (χ2v) is 6.66. The number of allylic oxidation sites excluding steroid dienone is 4. The maximum absolute atomic E-state index is 9.26. The lowest BCUT2D eigenvalue weighted by atomic mass is 9.88. The number of fused-ring (bicyclic) bond motifs is 1. The summed E-state index contributed by atoms with van der Waals surface area (Å²) in [7, 11) is 0. The van der Waals surface area contributed by atoms with Crippen molar-refractivity contribution in [2.24, 2.45) is 4.99 Å². The third-order valence-corrected chi connectivity index (χ3v) is 4.93. The van der Waals surface area contributed by atoms with E-state index in [4.69, 9.17) is 4.99 Å². The van der Waals surface area contributed by atoms with Crippen LogP contribution in [-0.4, -0.2) is 30.5 Å². The summed E-state index contributed by atoms with van der Waals surface area (Å²) in [5.74, 6) is 0. The van der Waals surface area contributed by atoms with Gasteiger partial charge in [-0.05, 0) is 49.2 Å². The summed E-state index contributed by atoms with van der Waals surface area (Å²) in [6.07, 6.45) is 3.64. The maximum atomic E-state index is 9.26. The Kier molecular flexibility index (Phi) is 6.24. The summed E-state index contributed by atoms with van der Waals surface area (Å²) in [6, 6.07) is 17.7. The zero-order valence-corrected chi connectivity index (χ0v) is 16.6. The van der Waals surface area contributed by atoms with Crippen LogP contribution in [0.3, 0.4) is 0 Å². The number of hydrogen-bond donors (Lipinski definition) is 1. The van der Waals surface area contributed by atoms with Crippen molar-refractivity contribution in [3.63, 3.8) is 0 Å². The molecule has 1 aliphatic carbocycles. The molecule has 0 amide bonds. The zero-order valence-electron chi connectivity index (χ0n) is 16.6. The molecule has 3 rings (SSSR count). The summed E-state index contributed by atoms with van der Waals surface area (Å²) in [5.41, 5.74) is 6.19. The lowest BCUT2D eigenvalue weighted by molar-refractivity contribution is 0.302. The Hall–Kier alpha value is -3.67. The Morgan fingerprint density at radius 1 is 1.07 bits per heavy atom. The summed E-state index contributed by atoms with van der Waals surface area (Å²) in [4.78, 5) is 6.96. The quantitative estimate of drug-likeness (QED) is 0.781. The molecule has 0 aromatic heterocycles. The molecule has 5 heteroatoms. The second kappa shape index (κ2) is 9.01. The monoisotopic (exact) mass is 382 g/mol. The molecule has 2 aromatic rings. The highest BCUT2D eigenvalue weighted by molar-refractivity contribution is 6.17. The molecule has 0 spiro atoms. The highest BCUT2D eigenvalue weighted by Gasteiger charge is 2.18. The minimum Gasteiger partial charge on any atom is -0.395 e. The van der Waals surface area contributed by atoms with Crippen molar-refractivity contribution in [3.05, 3.63) is 76.9 Å². The fourth-order valence-corrected chi connectivity index (χ4v) is 3.43. The first kappa shape index (κ1) is 20.1. The van der Waals surface area contributed by atoms with Crippen molar-refractivity contribution in [2.45, 2.75) is 13.8 Å². The zero-order chi connectivity index (χ0) is 20.8. The van der Waals surface area contributed by atoms with Crippen LogP contribution >= 0.6 is 0 Å². The second-order valence-electron chi connectivity index (χ2n) is 6.66. The number of nitrogens with zero attached hydrogens (tertiary/aromatic N) is 4. The van der Waals surface area contributed by atoms with E-state index in [0.29, 0.717) is 12.1 Å². The van der Waals surface area contributed by atoms with Crippen molar-refractivity contribution in [1.82, 2.24) is 0 Å². The van der Waals surface area contributed by atoms with Crippen LogP contribution in [0, 0.1) is 29.6 Å². The summed E-state index contributed by atoms with van der Waals surface area (Å²) in [6.45, 7) is 5.60.